The van der Waals surface area contributed by atoms with Gasteiger partial charge in [0, 0.05) is 24.4 Å². The summed E-state index contributed by atoms with van der Waals surface area (Å²) in [6.07, 6.45) is -0.0405. The number of ether oxygens (including phenoxy) is 1. The molecule has 4 rings (SSSR count). The summed E-state index contributed by atoms with van der Waals surface area (Å²) < 4.78 is 12.7. The summed E-state index contributed by atoms with van der Waals surface area (Å²) in [4.78, 5) is 36.2. The number of carbonyl (C=O) groups excluding carboxylic acids is 1. The molecule has 7 nitrogen and oxygen atoms in total. The summed E-state index contributed by atoms with van der Waals surface area (Å²) in [6.45, 7) is 1.75. The van der Waals surface area contributed by atoms with Crippen LogP contribution in [0.15, 0.2) is 45.6 Å². The van der Waals surface area contributed by atoms with Crippen molar-refractivity contribution in [3.63, 3.8) is 0 Å². The number of pyridine rings is 1. The van der Waals surface area contributed by atoms with Gasteiger partial charge in [-0.2, -0.15) is 0 Å². The van der Waals surface area contributed by atoms with Gasteiger partial charge in [0.1, 0.15) is 17.3 Å². The van der Waals surface area contributed by atoms with Crippen molar-refractivity contribution in [3.8, 4) is 17.1 Å². The van der Waals surface area contributed by atoms with Crippen LogP contribution < -0.4 is 10.3 Å². The van der Waals surface area contributed by atoms with E-state index in [1.807, 2.05) is 0 Å². The maximum Gasteiger partial charge on any atom is 0.335 e. The maximum atomic E-state index is 12.8. The minimum absolute atomic E-state index is 0.0405. The van der Waals surface area contributed by atoms with Crippen LogP contribution in [0, 0.1) is 6.92 Å². The summed E-state index contributed by atoms with van der Waals surface area (Å²) >= 11 is 6.22. The van der Waals surface area contributed by atoms with Gasteiger partial charge >= 0.3 is 11.9 Å². The number of benzene rings is 1. The molecule has 0 radical (unpaired) electrons. The molecule has 29 heavy (non-hydrogen) atoms. The fraction of sp³-hybridized carbons (Fsp3) is 0.190. The van der Waals surface area contributed by atoms with Crippen LogP contribution in [0.4, 0.5) is 0 Å². The fourth-order valence-electron chi connectivity index (χ4n) is 3.42. The maximum absolute atomic E-state index is 12.8. The average Bonchev–Trinajstić information content (AvgIpc) is 3.15. The molecule has 1 aliphatic rings. The first kappa shape index (κ1) is 19.0. The first-order chi connectivity index (χ1) is 13.8. The third-order valence-corrected chi connectivity index (χ3v) is 5.39. The molecule has 3 aromatic rings. The highest BCUT2D eigenvalue weighted by molar-refractivity contribution is 6.33. The van der Waals surface area contributed by atoms with Crippen LogP contribution in [0.1, 0.15) is 39.7 Å². The molecule has 1 unspecified atom stereocenters. The zero-order valence-electron chi connectivity index (χ0n) is 15.6. The Morgan fingerprint density at radius 2 is 1.97 bits per heavy atom. The van der Waals surface area contributed by atoms with Gasteiger partial charge in [-0.05, 0) is 37.3 Å². The second-order valence-corrected chi connectivity index (χ2v) is 7.27. The van der Waals surface area contributed by atoms with Gasteiger partial charge in [0.05, 0.1) is 28.5 Å². The number of hydrogen-bond donors (Lipinski definition) is 1. The van der Waals surface area contributed by atoms with E-state index in [-0.39, 0.29) is 23.3 Å². The van der Waals surface area contributed by atoms with E-state index >= 15 is 0 Å². The summed E-state index contributed by atoms with van der Waals surface area (Å²) in [5.41, 5.74) is 1.23. The Morgan fingerprint density at radius 1 is 1.21 bits per heavy atom. The average molecular weight is 414 g/mol. The Hall–Kier alpha value is -3.32. The van der Waals surface area contributed by atoms with Gasteiger partial charge in [0.25, 0.3) is 5.56 Å². The highest BCUT2D eigenvalue weighted by atomic mass is 35.5. The number of furan rings is 1. The molecule has 0 amide bonds. The van der Waals surface area contributed by atoms with Crippen molar-refractivity contribution in [2.75, 3.05) is 0 Å². The van der Waals surface area contributed by atoms with Crippen molar-refractivity contribution in [1.82, 2.24) is 4.57 Å². The summed E-state index contributed by atoms with van der Waals surface area (Å²) in [5, 5.41) is 9.54. The van der Waals surface area contributed by atoms with Gasteiger partial charge in [-0.15, -0.1) is 0 Å². The molecule has 0 fully saturated rings. The summed E-state index contributed by atoms with van der Waals surface area (Å²) in [6, 6.07) is 9.24. The Morgan fingerprint density at radius 3 is 2.69 bits per heavy atom. The van der Waals surface area contributed by atoms with E-state index in [9.17, 15) is 19.5 Å². The van der Waals surface area contributed by atoms with Crippen LogP contribution in [-0.4, -0.2) is 21.6 Å². The van der Waals surface area contributed by atoms with Crippen molar-refractivity contribution >= 4 is 23.5 Å². The fourth-order valence-corrected chi connectivity index (χ4v) is 3.63. The van der Waals surface area contributed by atoms with Gasteiger partial charge in [-0.25, -0.2) is 4.79 Å². The molecular weight excluding hydrogens is 398 g/mol. The monoisotopic (exact) mass is 413 g/mol. The zero-order valence-corrected chi connectivity index (χ0v) is 16.3. The van der Waals surface area contributed by atoms with Gasteiger partial charge in [-0.3, -0.25) is 9.59 Å². The first-order valence-electron chi connectivity index (χ1n) is 8.80. The molecule has 2 aromatic heterocycles. The highest BCUT2D eigenvalue weighted by Crippen LogP contribution is 2.39. The van der Waals surface area contributed by atoms with Crippen LogP contribution in [0.25, 0.3) is 11.3 Å². The lowest BCUT2D eigenvalue weighted by Crippen LogP contribution is -2.31. The number of carboxylic acid groups (broad SMARTS) is 1. The number of carboxylic acids is 1. The molecule has 0 spiro atoms. The number of hydrogen-bond acceptors (Lipinski definition) is 5. The van der Waals surface area contributed by atoms with Crippen molar-refractivity contribution < 1.29 is 23.8 Å². The van der Waals surface area contributed by atoms with E-state index in [1.165, 1.54) is 22.8 Å². The number of carbonyl (C=O) groups is 2. The van der Waals surface area contributed by atoms with E-state index in [0.29, 0.717) is 33.4 Å². The normalized spacial score (nSPS) is 15.7. The predicted octanol–water partition coefficient (Wildman–Crippen LogP) is 3.75. The molecule has 0 bridgehead atoms. The largest absolute Gasteiger partial charge is 0.478 e. The number of esters is 1. The van der Waals surface area contributed by atoms with Gasteiger partial charge in [-0.1, -0.05) is 11.6 Å². The SMILES string of the molecule is Cc1cc2c(c(=O)n1C)C(c1ccc(-c3cc(C(=O)O)ccc3Cl)o1)CC(=O)O2. The minimum atomic E-state index is -1.09. The number of aryl methyl sites for hydroxylation is 1. The Balaban J connectivity index is 1.82. The molecule has 0 aliphatic carbocycles. The lowest BCUT2D eigenvalue weighted by molar-refractivity contribution is -0.135. The predicted molar refractivity (Wildman–Crippen MR) is 105 cm³/mol. The number of rotatable bonds is 3. The van der Waals surface area contributed by atoms with Crippen molar-refractivity contribution in [2.24, 2.45) is 7.05 Å². The lowest BCUT2D eigenvalue weighted by atomic mass is 9.91. The standard InChI is InChI=1S/C21H16ClNO6/c1-10-7-17-19(20(25)23(10)2)13(9-18(24)29-17)16-6-5-15(28-16)12-8-11(21(26)27)3-4-14(12)22/h3-8,13H,9H2,1-2H3,(H,26,27). The quantitative estimate of drug-likeness (QED) is 0.656. The zero-order chi connectivity index (χ0) is 20.9. The van der Waals surface area contributed by atoms with Crippen LogP contribution in [0.5, 0.6) is 5.75 Å². The highest BCUT2D eigenvalue weighted by Gasteiger charge is 2.34. The Labute approximate surface area is 170 Å². The number of aromatic carboxylic acids is 1. The van der Waals surface area contributed by atoms with E-state index in [1.54, 1.807) is 32.2 Å². The topological polar surface area (TPSA) is 98.7 Å². The van der Waals surface area contributed by atoms with Gasteiger partial charge < -0.3 is 18.8 Å². The third kappa shape index (κ3) is 3.23. The molecule has 1 atom stereocenters. The van der Waals surface area contributed by atoms with Crippen molar-refractivity contribution in [1.29, 1.82) is 0 Å². The van der Waals surface area contributed by atoms with Crippen LogP contribution >= 0.6 is 11.6 Å². The number of nitrogens with zero attached hydrogens (tertiary/aromatic N) is 1. The van der Waals surface area contributed by atoms with Gasteiger partial charge in [0.2, 0.25) is 0 Å². The van der Waals surface area contributed by atoms with E-state index < -0.39 is 17.9 Å². The Bertz CT molecular complexity index is 1220. The third-order valence-electron chi connectivity index (χ3n) is 5.06. The number of aromatic nitrogens is 1. The van der Waals surface area contributed by atoms with E-state index in [0.717, 1.165) is 0 Å². The van der Waals surface area contributed by atoms with Crippen LogP contribution in [0.3, 0.4) is 0 Å². The molecule has 1 aliphatic heterocycles. The lowest BCUT2D eigenvalue weighted by Gasteiger charge is -2.23. The first-order valence-corrected chi connectivity index (χ1v) is 9.18. The minimum Gasteiger partial charge on any atom is -0.478 e. The summed E-state index contributed by atoms with van der Waals surface area (Å²) in [5.74, 6) is -1.18. The van der Waals surface area contributed by atoms with Crippen LogP contribution in [-0.2, 0) is 11.8 Å². The second-order valence-electron chi connectivity index (χ2n) is 6.86. The van der Waals surface area contributed by atoms with Gasteiger partial charge in [0.15, 0.2) is 0 Å². The molecule has 0 saturated carbocycles. The molecule has 3 heterocycles. The van der Waals surface area contributed by atoms with Crippen molar-refractivity contribution in [3.05, 3.63) is 74.4 Å². The van der Waals surface area contributed by atoms with E-state index in [2.05, 4.69) is 0 Å². The summed E-state index contributed by atoms with van der Waals surface area (Å²) in [7, 11) is 1.65. The smallest absolute Gasteiger partial charge is 0.335 e. The second kappa shape index (κ2) is 6.93. The number of fused-ring (bicyclic) bond motifs is 1. The molecule has 148 valence electrons. The molecule has 8 heteroatoms. The molecule has 0 saturated heterocycles. The molecule has 1 aromatic carbocycles. The molecular formula is C21H16ClNO6. The number of halogens is 1. The van der Waals surface area contributed by atoms with Crippen molar-refractivity contribution in [2.45, 2.75) is 19.3 Å². The van der Waals surface area contributed by atoms with E-state index in [4.69, 9.17) is 20.8 Å². The Kier molecular flexibility index (Phi) is 4.55. The molecule has 1 N–H and O–H groups in total. The van der Waals surface area contributed by atoms with Crippen LogP contribution in [0.2, 0.25) is 5.02 Å².